The third-order valence-corrected chi connectivity index (χ3v) is 3.16. The summed E-state index contributed by atoms with van der Waals surface area (Å²) in [6, 6.07) is 11.5. The molecule has 1 heterocycles. The quantitative estimate of drug-likeness (QED) is 0.935. The van der Waals surface area contributed by atoms with Gasteiger partial charge in [-0.15, -0.1) is 0 Å². The highest BCUT2D eigenvalue weighted by Gasteiger charge is 2.06. The molecule has 1 aromatic heterocycles. The third kappa shape index (κ3) is 3.30. The third-order valence-electron chi connectivity index (χ3n) is 2.67. The Morgan fingerprint density at radius 1 is 1.32 bits per heavy atom. The number of furan rings is 1. The molecule has 0 bridgehead atoms. The average molecular weight is 320 g/mol. The molecular weight excluding hydrogens is 306 g/mol. The molecular formula is C14H14BrN3O. The Morgan fingerprint density at radius 2 is 2.11 bits per heavy atom. The molecule has 0 spiro atoms. The van der Waals surface area contributed by atoms with Crippen molar-refractivity contribution in [3.63, 3.8) is 0 Å². The van der Waals surface area contributed by atoms with Crippen molar-refractivity contribution in [3.05, 3.63) is 46.3 Å². The summed E-state index contributed by atoms with van der Waals surface area (Å²) >= 11 is 3.46. The summed E-state index contributed by atoms with van der Waals surface area (Å²) in [4.78, 5) is 2.04. The second kappa shape index (κ2) is 5.81. The molecule has 0 amide bonds. The topological polar surface area (TPSA) is 52.2 Å². The molecule has 98 valence electrons. The Kier molecular flexibility index (Phi) is 4.13. The van der Waals surface area contributed by atoms with E-state index in [4.69, 9.17) is 9.68 Å². The molecule has 0 aliphatic heterocycles. The van der Waals surface area contributed by atoms with Crippen molar-refractivity contribution < 1.29 is 4.42 Å². The van der Waals surface area contributed by atoms with Crippen molar-refractivity contribution >= 4 is 27.3 Å². The lowest BCUT2D eigenvalue weighted by molar-refractivity contribution is 0.506. The lowest BCUT2D eigenvalue weighted by Crippen LogP contribution is -2.12. The van der Waals surface area contributed by atoms with E-state index in [0.29, 0.717) is 12.3 Å². The van der Waals surface area contributed by atoms with E-state index in [9.17, 15) is 0 Å². The first-order chi connectivity index (χ1) is 9.10. The average Bonchev–Trinajstić information content (AvgIpc) is 2.84. The van der Waals surface area contributed by atoms with Crippen LogP contribution in [0.2, 0.25) is 0 Å². The molecule has 0 fully saturated rings. The van der Waals surface area contributed by atoms with E-state index in [-0.39, 0.29) is 0 Å². The smallest absolute Gasteiger partial charge is 0.203 e. The van der Waals surface area contributed by atoms with E-state index < -0.39 is 0 Å². The zero-order valence-electron chi connectivity index (χ0n) is 10.8. The van der Waals surface area contributed by atoms with Crippen molar-refractivity contribution in [1.29, 1.82) is 5.26 Å². The zero-order chi connectivity index (χ0) is 13.8. The first-order valence-electron chi connectivity index (χ1n) is 5.79. The molecule has 19 heavy (non-hydrogen) atoms. The lowest BCUT2D eigenvalue weighted by atomic mass is 10.2. The standard InChI is InChI=1S/C14H14BrN3O/c1-18(2)14-6-3-10(15)7-13(14)17-9-12-5-4-11(8-16)19-12/h3-7,17H,9H2,1-2H3. The number of nitrogens with zero attached hydrogens (tertiary/aromatic N) is 2. The molecule has 2 aromatic rings. The van der Waals surface area contributed by atoms with Crippen molar-refractivity contribution in [3.8, 4) is 6.07 Å². The largest absolute Gasteiger partial charge is 0.449 e. The van der Waals surface area contributed by atoms with Crippen LogP contribution in [0.3, 0.4) is 0 Å². The van der Waals surface area contributed by atoms with E-state index in [1.165, 1.54) is 0 Å². The van der Waals surface area contributed by atoms with E-state index in [0.717, 1.165) is 21.6 Å². The molecule has 1 N–H and O–H groups in total. The van der Waals surface area contributed by atoms with Crippen LogP contribution >= 0.6 is 15.9 Å². The van der Waals surface area contributed by atoms with Gasteiger partial charge in [0, 0.05) is 18.6 Å². The van der Waals surface area contributed by atoms with E-state index in [2.05, 4.69) is 21.2 Å². The Hall–Kier alpha value is -1.93. The predicted molar refractivity (Wildman–Crippen MR) is 79.2 cm³/mol. The van der Waals surface area contributed by atoms with Gasteiger partial charge < -0.3 is 14.6 Å². The van der Waals surface area contributed by atoms with Gasteiger partial charge in [-0.3, -0.25) is 0 Å². The summed E-state index contributed by atoms with van der Waals surface area (Å²) in [7, 11) is 3.99. The van der Waals surface area contributed by atoms with Crippen molar-refractivity contribution in [1.82, 2.24) is 0 Å². The fourth-order valence-electron chi connectivity index (χ4n) is 1.76. The van der Waals surface area contributed by atoms with Gasteiger partial charge in [0.25, 0.3) is 0 Å². The summed E-state index contributed by atoms with van der Waals surface area (Å²) in [6.07, 6.45) is 0. The molecule has 5 heteroatoms. The van der Waals surface area contributed by atoms with Crippen molar-refractivity contribution in [2.75, 3.05) is 24.3 Å². The number of benzene rings is 1. The van der Waals surface area contributed by atoms with E-state index in [1.54, 1.807) is 12.1 Å². The van der Waals surface area contributed by atoms with Crippen LogP contribution in [0.5, 0.6) is 0 Å². The van der Waals surface area contributed by atoms with Gasteiger partial charge in [0.2, 0.25) is 5.76 Å². The predicted octanol–water partition coefficient (Wildman–Crippen LogP) is 3.59. The number of rotatable bonds is 4. The number of nitrogens with one attached hydrogen (secondary N) is 1. The molecule has 0 saturated carbocycles. The molecule has 0 radical (unpaired) electrons. The fourth-order valence-corrected chi connectivity index (χ4v) is 2.12. The molecule has 0 aliphatic rings. The zero-order valence-corrected chi connectivity index (χ0v) is 12.4. The number of anilines is 2. The van der Waals surface area contributed by atoms with Crippen LogP contribution in [0, 0.1) is 11.3 Å². The summed E-state index contributed by atoms with van der Waals surface area (Å²) in [5.41, 5.74) is 2.10. The maximum absolute atomic E-state index is 8.71. The number of hydrogen-bond donors (Lipinski definition) is 1. The Labute approximate surface area is 120 Å². The first kappa shape index (κ1) is 13.5. The van der Waals surface area contributed by atoms with Gasteiger partial charge in [-0.05, 0) is 30.3 Å². The molecule has 1 aromatic carbocycles. The first-order valence-corrected chi connectivity index (χ1v) is 6.59. The van der Waals surface area contributed by atoms with Crippen LogP contribution in [0.15, 0.2) is 39.2 Å². The summed E-state index contributed by atoms with van der Waals surface area (Å²) in [5.74, 6) is 1.07. The summed E-state index contributed by atoms with van der Waals surface area (Å²) in [5, 5.41) is 12.0. The highest BCUT2D eigenvalue weighted by Crippen LogP contribution is 2.28. The Bertz CT molecular complexity index is 613. The van der Waals surface area contributed by atoms with Gasteiger partial charge in [0.15, 0.2) is 0 Å². The number of hydrogen-bond acceptors (Lipinski definition) is 4. The normalized spacial score (nSPS) is 10.0. The van der Waals surface area contributed by atoms with Gasteiger partial charge in [-0.1, -0.05) is 15.9 Å². The monoisotopic (exact) mass is 319 g/mol. The van der Waals surface area contributed by atoms with Gasteiger partial charge in [-0.25, -0.2) is 0 Å². The molecule has 4 nitrogen and oxygen atoms in total. The van der Waals surface area contributed by atoms with E-state index >= 15 is 0 Å². The molecule has 0 unspecified atom stereocenters. The minimum atomic E-state index is 0.332. The SMILES string of the molecule is CN(C)c1ccc(Br)cc1NCc1ccc(C#N)o1. The van der Waals surface area contributed by atoms with Gasteiger partial charge in [0.05, 0.1) is 17.9 Å². The second-order valence-corrected chi connectivity index (χ2v) is 5.20. The summed E-state index contributed by atoms with van der Waals surface area (Å²) < 4.78 is 6.35. The van der Waals surface area contributed by atoms with E-state index in [1.807, 2.05) is 43.3 Å². The van der Waals surface area contributed by atoms with Crippen LogP contribution in [-0.2, 0) is 6.54 Å². The van der Waals surface area contributed by atoms with Crippen LogP contribution in [0.4, 0.5) is 11.4 Å². The van der Waals surface area contributed by atoms with Gasteiger partial charge in [0.1, 0.15) is 11.8 Å². The molecule has 0 atom stereocenters. The van der Waals surface area contributed by atoms with Crippen LogP contribution in [-0.4, -0.2) is 14.1 Å². The maximum atomic E-state index is 8.71. The maximum Gasteiger partial charge on any atom is 0.203 e. The van der Waals surface area contributed by atoms with Crippen LogP contribution in [0.1, 0.15) is 11.5 Å². The summed E-state index contributed by atoms with van der Waals surface area (Å²) in [6.45, 7) is 0.541. The molecule has 0 saturated heterocycles. The minimum Gasteiger partial charge on any atom is -0.449 e. The minimum absolute atomic E-state index is 0.332. The number of halogens is 1. The van der Waals surface area contributed by atoms with Crippen LogP contribution in [0.25, 0.3) is 0 Å². The van der Waals surface area contributed by atoms with Crippen molar-refractivity contribution in [2.45, 2.75) is 6.54 Å². The Morgan fingerprint density at radius 3 is 2.74 bits per heavy atom. The van der Waals surface area contributed by atoms with Crippen molar-refractivity contribution in [2.24, 2.45) is 0 Å². The van der Waals surface area contributed by atoms with Gasteiger partial charge >= 0.3 is 0 Å². The fraction of sp³-hybridized carbons (Fsp3) is 0.214. The Balaban J connectivity index is 2.14. The number of nitriles is 1. The van der Waals surface area contributed by atoms with Crippen LogP contribution < -0.4 is 10.2 Å². The highest BCUT2D eigenvalue weighted by molar-refractivity contribution is 9.10. The van der Waals surface area contributed by atoms with Gasteiger partial charge in [-0.2, -0.15) is 5.26 Å². The molecule has 0 aliphatic carbocycles. The second-order valence-electron chi connectivity index (χ2n) is 4.29. The molecule has 2 rings (SSSR count). The highest BCUT2D eigenvalue weighted by atomic mass is 79.9. The lowest BCUT2D eigenvalue weighted by Gasteiger charge is -2.18.